The predicted molar refractivity (Wildman–Crippen MR) is 108 cm³/mol. The number of fused-ring (bicyclic) bond motifs is 1. The van der Waals surface area contributed by atoms with Gasteiger partial charge in [-0.3, -0.25) is 9.78 Å². The van der Waals surface area contributed by atoms with Crippen molar-refractivity contribution < 1.29 is 9.53 Å². The first-order chi connectivity index (χ1) is 13.6. The Morgan fingerprint density at radius 2 is 2.04 bits per heavy atom. The van der Waals surface area contributed by atoms with Gasteiger partial charge >= 0.3 is 5.97 Å². The maximum atomic E-state index is 12.2. The summed E-state index contributed by atoms with van der Waals surface area (Å²) in [5, 5.41) is 9.29. The molecule has 2 aliphatic rings. The molecule has 0 bridgehead atoms. The molecule has 0 amide bonds. The number of aromatic nitrogens is 1. The van der Waals surface area contributed by atoms with Gasteiger partial charge in [0.05, 0.1) is 29.9 Å². The van der Waals surface area contributed by atoms with Crippen molar-refractivity contribution >= 4 is 12.0 Å². The second-order valence-electron chi connectivity index (χ2n) is 8.05. The van der Waals surface area contributed by atoms with Crippen LogP contribution in [-0.2, 0) is 9.53 Å². The number of nitriles is 1. The summed E-state index contributed by atoms with van der Waals surface area (Å²) >= 11 is 0. The summed E-state index contributed by atoms with van der Waals surface area (Å²) in [5.41, 5.74) is 3.31. The summed E-state index contributed by atoms with van der Waals surface area (Å²) in [5.74, 6) is 1.46. The SMILES string of the molecule is C[C@H]1[C@H](C=Cc2ccc(-c3ccccc3C#N)cn2)[C@@H]2C(=O)OC[C@@H]2C[C@@H]1C. The first-order valence-electron chi connectivity index (χ1n) is 9.89. The maximum Gasteiger partial charge on any atom is 0.309 e. The topological polar surface area (TPSA) is 63.0 Å². The van der Waals surface area contributed by atoms with E-state index in [4.69, 9.17) is 4.74 Å². The van der Waals surface area contributed by atoms with Gasteiger partial charge in [-0.2, -0.15) is 5.26 Å². The van der Waals surface area contributed by atoms with Crippen molar-refractivity contribution in [1.29, 1.82) is 5.26 Å². The zero-order chi connectivity index (χ0) is 19.7. The van der Waals surface area contributed by atoms with Crippen molar-refractivity contribution in [2.24, 2.45) is 29.6 Å². The smallest absolute Gasteiger partial charge is 0.309 e. The zero-order valence-electron chi connectivity index (χ0n) is 16.2. The molecule has 1 aliphatic heterocycles. The van der Waals surface area contributed by atoms with E-state index in [9.17, 15) is 10.1 Å². The van der Waals surface area contributed by atoms with Crippen LogP contribution in [0.5, 0.6) is 0 Å². The standard InChI is InChI=1S/C24H24N2O2/c1-15-11-19-14-28-24(27)23(19)21(16(15)2)10-9-20-8-7-18(13-26-20)22-6-4-3-5-17(22)12-25/h3-10,13,15-16,19,21,23H,11,14H2,1-2H3/t15-,16+,19-,21-,23+/m0/s1. The van der Waals surface area contributed by atoms with Crippen molar-refractivity contribution in [3.63, 3.8) is 0 Å². The number of rotatable bonds is 3. The molecule has 0 unspecified atom stereocenters. The van der Waals surface area contributed by atoms with Gasteiger partial charge in [-0.15, -0.1) is 0 Å². The molecule has 0 spiro atoms. The van der Waals surface area contributed by atoms with Crippen molar-refractivity contribution in [2.45, 2.75) is 20.3 Å². The van der Waals surface area contributed by atoms with E-state index in [1.54, 1.807) is 6.20 Å². The lowest BCUT2D eigenvalue weighted by Gasteiger charge is -2.38. The number of hydrogen-bond acceptors (Lipinski definition) is 4. The lowest BCUT2D eigenvalue weighted by Crippen LogP contribution is -2.38. The second-order valence-corrected chi connectivity index (χ2v) is 8.05. The summed E-state index contributed by atoms with van der Waals surface area (Å²) in [4.78, 5) is 16.8. The van der Waals surface area contributed by atoms with Gasteiger partial charge in [-0.05, 0) is 42.4 Å². The van der Waals surface area contributed by atoms with E-state index < -0.39 is 0 Å². The third-order valence-electron chi connectivity index (χ3n) is 6.45. The lowest BCUT2D eigenvalue weighted by molar-refractivity contribution is -0.143. The number of carbonyl (C=O) groups excluding carboxylic acids is 1. The molecule has 1 aromatic heterocycles. The Morgan fingerprint density at radius 1 is 1.21 bits per heavy atom. The molecule has 2 fully saturated rings. The molecular formula is C24H24N2O2. The second kappa shape index (κ2) is 7.59. The number of hydrogen-bond donors (Lipinski definition) is 0. The van der Waals surface area contributed by atoms with Crippen LogP contribution in [0.3, 0.4) is 0 Å². The number of cyclic esters (lactones) is 1. The van der Waals surface area contributed by atoms with Gasteiger partial charge in [0, 0.05) is 23.2 Å². The quantitative estimate of drug-likeness (QED) is 0.732. The molecule has 142 valence electrons. The minimum atomic E-state index is -0.0465. The Kier molecular flexibility index (Phi) is 5.00. The van der Waals surface area contributed by atoms with Gasteiger partial charge in [0.2, 0.25) is 0 Å². The molecule has 0 N–H and O–H groups in total. The zero-order valence-corrected chi connectivity index (χ0v) is 16.2. The van der Waals surface area contributed by atoms with Gasteiger partial charge in [0.15, 0.2) is 0 Å². The monoisotopic (exact) mass is 372 g/mol. The van der Waals surface area contributed by atoms with E-state index in [1.165, 1.54) is 0 Å². The van der Waals surface area contributed by atoms with Crippen molar-refractivity contribution in [2.75, 3.05) is 6.61 Å². The van der Waals surface area contributed by atoms with Crippen molar-refractivity contribution in [1.82, 2.24) is 4.98 Å². The van der Waals surface area contributed by atoms with Crippen LogP contribution in [0.4, 0.5) is 0 Å². The van der Waals surface area contributed by atoms with E-state index in [2.05, 4.69) is 31.0 Å². The molecule has 1 aliphatic carbocycles. The number of benzene rings is 1. The highest BCUT2D eigenvalue weighted by atomic mass is 16.5. The van der Waals surface area contributed by atoms with Crippen LogP contribution in [0, 0.1) is 40.9 Å². The lowest BCUT2D eigenvalue weighted by atomic mass is 9.64. The molecule has 4 nitrogen and oxygen atoms in total. The van der Waals surface area contributed by atoms with Gasteiger partial charge in [-0.1, -0.05) is 44.2 Å². The first-order valence-corrected chi connectivity index (χ1v) is 9.89. The minimum Gasteiger partial charge on any atom is -0.465 e. The van der Waals surface area contributed by atoms with Crippen LogP contribution in [-0.4, -0.2) is 17.6 Å². The Morgan fingerprint density at radius 3 is 2.79 bits per heavy atom. The third kappa shape index (κ3) is 3.33. The summed E-state index contributed by atoms with van der Waals surface area (Å²) in [6, 6.07) is 13.7. The highest BCUT2D eigenvalue weighted by Crippen LogP contribution is 2.46. The van der Waals surface area contributed by atoms with Crippen LogP contribution in [0.25, 0.3) is 17.2 Å². The number of ether oxygens (including phenoxy) is 1. The highest BCUT2D eigenvalue weighted by molar-refractivity contribution is 5.76. The molecule has 2 aromatic rings. The van der Waals surface area contributed by atoms with E-state index in [0.717, 1.165) is 23.2 Å². The van der Waals surface area contributed by atoms with Crippen LogP contribution in [0.1, 0.15) is 31.5 Å². The van der Waals surface area contributed by atoms with E-state index >= 15 is 0 Å². The van der Waals surface area contributed by atoms with E-state index in [0.29, 0.717) is 29.9 Å². The number of carbonyl (C=O) groups is 1. The molecule has 5 atom stereocenters. The van der Waals surface area contributed by atoms with Crippen molar-refractivity contribution in [3.05, 3.63) is 59.9 Å². The predicted octanol–water partition coefficient (Wildman–Crippen LogP) is 4.71. The third-order valence-corrected chi connectivity index (χ3v) is 6.45. The fourth-order valence-corrected chi connectivity index (χ4v) is 4.67. The average molecular weight is 372 g/mol. The largest absolute Gasteiger partial charge is 0.465 e. The highest BCUT2D eigenvalue weighted by Gasteiger charge is 2.48. The van der Waals surface area contributed by atoms with E-state index in [-0.39, 0.29) is 17.8 Å². The summed E-state index contributed by atoms with van der Waals surface area (Å²) in [6.45, 7) is 5.07. The summed E-state index contributed by atoms with van der Waals surface area (Å²) in [7, 11) is 0. The minimum absolute atomic E-state index is 0.0239. The number of esters is 1. The first kappa shape index (κ1) is 18.4. The van der Waals surface area contributed by atoms with Crippen LogP contribution in [0.2, 0.25) is 0 Å². The molecule has 4 heteroatoms. The molecule has 28 heavy (non-hydrogen) atoms. The Hall–Kier alpha value is -2.93. The fourth-order valence-electron chi connectivity index (χ4n) is 4.67. The molecular weight excluding hydrogens is 348 g/mol. The number of nitrogens with zero attached hydrogens (tertiary/aromatic N) is 2. The normalized spacial score (nSPS) is 29.3. The van der Waals surface area contributed by atoms with E-state index in [1.807, 2.05) is 42.5 Å². The molecule has 4 rings (SSSR count). The average Bonchev–Trinajstić information content (AvgIpc) is 3.09. The van der Waals surface area contributed by atoms with Crippen LogP contribution < -0.4 is 0 Å². The molecule has 1 saturated carbocycles. The molecule has 1 saturated heterocycles. The van der Waals surface area contributed by atoms with Crippen LogP contribution >= 0.6 is 0 Å². The molecule has 2 heterocycles. The Labute approximate surface area is 165 Å². The van der Waals surface area contributed by atoms with Crippen LogP contribution in [0.15, 0.2) is 48.7 Å². The van der Waals surface area contributed by atoms with Gasteiger partial charge in [0.1, 0.15) is 0 Å². The Bertz CT molecular complexity index is 942. The number of pyridine rings is 1. The fraction of sp³-hybridized carbons (Fsp3) is 0.375. The number of allylic oxidation sites excluding steroid dienone is 1. The van der Waals surface area contributed by atoms with Gasteiger partial charge in [0.25, 0.3) is 0 Å². The maximum absolute atomic E-state index is 12.2. The molecule has 0 radical (unpaired) electrons. The van der Waals surface area contributed by atoms with Gasteiger partial charge < -0.3 is 4.74 Å². The summed E-state index contributed by atoms with van der Waals surface area (Å²) in [6.07, 6.45) is 7.03. The van der Waals surface area contributed by atoms with Gasteiger partial charge in [-0.25, -0.2) is 0 Å². The molecule has 1 aromatic carbocycles. The van der Waals surface area contributed by atoms with Crippen molar-refractivity contribution in [3.8, 4) is 17.2 Å². The Balaban J connectivity index is 1.56. The summed E-state index contributed by atoms with van der Waals surface area (Å²) < 4.78 is 5.35.